The van der Waals surface area contributed by atoms with E-state index in [1.165, 1.54) is 19.2 Å². The Kier molecular flexibility index (Phi) is 4.55. The molecule has 0 aliphatic rings. The third kappa shape index (κ3) is 3.37. The van der Waals surface area contributed by atoms with Gasteiger partial charge in [0.1, 0.15) is 5.00 Å². The normalized spacial score (nSPS) is 11.2. The van der Waals surface area contributed by atoms with Crippen molar-refractivity contribution >= 4 is 43.9 Å². The zero-order valence-corrected chi connectivity index (χ0v) is 13.6. The van der Waals surface area contributed by atoms with Crippen molar-refractivity contribution in [2.24, 2.45) is 0 Å². The van der Waals surface area contributed by atoms with Crippen LogP contribution in [0.15, 0.2) is 34.5 Å². The van der Waals surface area contributed by atoms with Gasteiger partial charge in [0.25, 0.3) is 10.0 Å². The Morgan fingerprint density at radius 1 is 1.33 bits per heavy atom. The van der Waals surface area contributed by atoms with E-state index in [4.69, 9.17) is 11.6 Å². The van der Waals surface area contributed by atoms with E-state index in [0.29, 0.717) is 10.6 Å². The van der Waals surface area contributed by atoms with Crippen LogP contribution in [0.3, 0.4) is 0 Å². The number of nitrogens with one attached hydrogen (secondary N) is 1. The molecule has 1 N–H and O–H groups in total. The number of thiophene rings is 1. The highest BCUT2D eigenvalue weighted by Gasteiger charge is 2.22. The highest BCUT2D eigenvalue weighted by Crippen LogP contribution is 2.28. The van der Waals surface area contributed by atoms with Gasteiger partial charge in [-0.2, -0.15) is 0 Å². The van der Waals surface area contributed by atoms with Crippen LogP contribution in [0, 0.1) is 6.92 Å². The molecule has 112 valence electrons. The summed E-state index contributed by atoms with van der Waals surface area (Å²) in [5, 5.41) is 2.14. The van der Waals surface area contributed by atoms with Crippen molar-refractivity contribution in [3.05, 3.63) is 45.8 Å². The van der Waals surface area contributed by atoms with Crippen LogP contribution < -0.4 is 4.72 Å². The summed E-state index contributed by atoms with van der Waals surface area (Å²) in [6.45, 7) is 1.67. The Bertz CT molecular complexity index is 783. The van der Waals surface area contributed by atoms with Gasteiger partial charge < -0.3 is 4.74 Å². The molecule has 2 rings (SSSR count). The standard InChI is InChI=1S/C13H12ClNO4S2/c1-8-3-4-9(14)7-11(8)21(17,18)15-12-10(5-6-20-12)13(16)19-2/h3-7,15H,1-2H3. The average Bonchev–Trinajstić information content (AvgIpc) is 2.87. The van der Waals surface area contributed by atoms with Crippen molar-refractivity contribution in [2.45, 2.75) is 11.8 Å². The van der Waals surface area contributed by atoms with Crippen LogP contribution in [-0.4, -0.2) is 21.5 Å². The molecule has 0 fully saturated rings. The molecule has 0 unspecified atom stereocenters. The number of aryl methyl sites for hydroxylation is 1. The molecule has 0 aliphatic heterocycles. The number of carbonyl (C=O) groups excluding carboxylic acids is 1. The van der Waals surface area contributed by atoms with Gasteiger partial charge in [0, 0.05) is 5.02 Å². The highest BCUT2D eigenvalue weighted by molar-refractivity contribution is 7.93. The lowest BCUT2D eigenvalue weighted by atomic mass is 10.2. The second-order valence-corrected chi connectivity index (χ2v) is 7.17. The predicted molar refractivity (Wildman–Crippen MR) is 82.7 cm³/mol. The summed E-state index contributed by atoms with van der Waals surface area (Å²) in [6, 6.07) is 6.09. The summed E-state index contributed by atoms with van der Waals surface area (Å²) in [6.07, 6.45) is 0. The molecule has 0 spiro atoms. The second-order valence-electron chi connectivity index (χ2n) is 4.17. The zero-order valence-electron chi connectivity index (χ0n) is 11.2. The van der Waals surface area contributed by atoms with Crippen molar-refractivity contribution in [1.82, 2.24) is 0 Å². The Morgan fingerprint density at radius 3 is 2.71 bits per heavy atom. The zero-order chi connectivity index (χ0) is 15.6. The van der Waals surface area contributed by atoms with Crippen molar-refractivity contribution < 1.29 is 17.9 Å². The summed E-state index contributed by atoms with van der Waals surface area (Å²) in [5.41, 5.74) is 0.730. The van der Waals surface area contributed by atoms with E-state index in [-0.39, 0.29) is 15.5 Å². The largest absolute Gasteiger partial charge is 0.465 e. The number of carbonyl (C=O) groups is 1. The first-order chi connectivity index (χ1) is 9.85. The summed E-state index contributed by atoms with van der Waals surface area (Å²) >= 11 is 6.95. The van der Waals surface area contributed by atoms with Gasteiger partial charge in [0.05, 0.1) is 17.6 Å². The molecule has 1 aromatic heterocycles. The lowest BCUT2D eigenvalue weighted by Gasteiger charge is -2.10. The maximum Gasteiger partial charge on any atom is 0.340 e. The summed E-state index contributed by atoms with van der Waals surface area (Å²) in [7, 11) is -2.60. The van der Waals surface area contributed by atoms with Gasteiger partial charge in [0.15, 0.2) is 0 Å². The van der Waals surface area contributed by atoms with Crippen LogP contribution in [0.4, 0.5) is 5.00 Å². The topological polar surface area (TPSA) is 72.5 Å². The van der Waals surface area contributed by atoms with Gasteiger partial charge in [-0.15, -0.1) is 11.3 Å². The van der Waals surface area contributed by atoms with Crippen LogP contribution in [0.2, 0.25) is 5.02 Å². The van der Waals surface area contributed by atoms with Gasteiger partial charge in [-0.3, -0.25) is 4.72 Å². The quantitative estimate of drug-likeness (QED) is 0.863. The molecule has 5 nitrogen and oxygen atoms in total. The molecule has 0 atom stereocenters. The van der Waals surface area contributed by atoms with E-state index in [0.717, 1.165) is 11.3 Å². The first kappa shape index (κ1) is 15.8. The minimum Gasteiger partial charge on any atom is -0.465 e. The molecular weight excluding hydrogens is 334 g/mol. The lowest BCUT2D eigenvalue weighted by molar-refractivity contribution is 0.0602. The molecule has 21 heavy (non-hydrogen) atoms. The van der Waals surface area contributed by atoms with E-state index >= 15 is 0 Å². The number of halogens is 1. The monoisotopic (exact) mass is 345 g/mol. The summed E-state index contributed by atoms with van der Waals surface area (Å²) in [4.78, 5) is 11.6. The Hall–Kier alpha value is -1.57. The fraction of sp³-hybridized carbons (Fsp3) is 0.154. The van der Waals surface area contributed by atoms with Crippen LogP contribution in [0.25, 0.3) is 0 Å². The van der Waals surface area contributed by atoms with Crippen LogP contribution in [-0.2, 0) is 14.8 Å². The van der Waals surface area contributed by atoms with E-state index in [1.54, 1.807) is 24.4 Å². The Balaban J connectivity index is 2.41. The van der Waals surface area contributed by atoms with Gasteiger partial charge in [-0.05, 0) is 36.1 Å². The van der Waals surface area contributed by atoms with Crippen LogP contribution in [0.1, 0.15) is 15.9 Å². The number of ether oxygens (including phenoxy) is 1. The highest BCUT2D eigenvalue weighted by atomic mass is 35.5. The molecule has 0 radical (unpaired) electrons. The molecule has 0 saturated carbocycles. The van der Waals surface area contributed by atoms with Gasteiger partial charge in [-0.1, -0.05) is 17.7 Å². The molecule has 0 bridgehead atoms. The Morgan fingerprint density at radius 2 is 2.05 bits per heavy atom. The van der Waals surface area contributed by atoms with E-state index in [1.807, 2.05) is 0 Å². The second kappa shape index (κ2) is 6.05. The molecule has 1 aromatic carbocycles. The van der Waals surface area contributed by atoms with Crippen LogP contribution in [0.5, 0.6) is 0 Å². The Labute approximate surface area is 131 Å². The predicted octanol–water partition coefficient (Wildman–Crippen LogP) is 3.30. The minimum absolute atomic E-state index is 0.0687. The van der Waals surface area contributed by atoms with Crippen molar-refractivity contribution in [2.75, 3.05) is 11.8 Å². The molecule has 8 heteroatoms. The SMILES string of the molecule is COC(=O)c1ccsc1NS(=O)(=O)c1cc(Cl)ccc1C. The van der Waals surface area contributed by atoms with E-state index in [2.05, 4.69) is 9.46 Å². The van der Waals surface area contributed by atoms with E-state index < -0.39 is 16.0 Å². The summed E-state index contributed by atoms with van der Waals surface area (Å²) < 4.78 is 31.8. The molecule has 0 aliphatic carbocycles. The maximum absolute atomic E-state index is 12.4. The first-order valence-electron chi connectivity index (χ1n) is 5.80. The molecule has 0 saturated heterocycles. The van der Waals surface area contributed by atoms with E-state index in [9.17, 15) is 13.2 Å². The van der Waals surface area contributed by atoms with Gasteiger partial charge in [-0.25, -0.2) is 13.2 Å². The average molecular weight is 346 g/mol. The van der Waals surface area contributed by atoms with Crippen LogP contribution >= 0.6 is 22.9 Å². The number of methoxy groups -OCH3 is 1. The molecule has 1 heterocycles. The number of sulfonamides is 1. The van der Waals surface area contributed by atoms with Crippen molar-refractivity contribution in [3.8, 4) is 0 Å². The molecular formula is C13H12ClNO4S2. The first-order valence-corrected chi connectivity index (χ1v) is 8.54. The number of hydrogen-bond acceptors (Lipinski definition) is 5. The number of esters is 1. The summed E-state index contributed by atoms with van der Waals surface area (Å²) in [5.74, 6) is -0.600. The third-order valence-corrected chi connectivity index (χ3v) is 5.42. The number of benzene rings is 1. The number of rotatable bonds is 4. The van der Waals surface area contributed by atoms with Crippen molar-refractivity contribution in [3.63, 3.8) is 0 Å². The number of hydrogen-bond donors (Lipinski definition) is 1. The lowest BCUT2D eigenvalue weighted by Crippen LogP contribution is -2.15. The minimum atomic E-state index is -3.83. The third-order valence-electron chi connectivity index (χ3n) is 2.74. The maximum atomic E-state index is 12.4. The molecule has 0 amide bonds. The smallest absolute Gasteiger partial charge is 0.340 e. The molecule has 2 aromatic rings. The van der Waals surface area contributed by atoms with Gasteiger partial charge in [0.2, 0.25) is 0 Å². The van der Waals surface area contributed by atoms with Gasteiger partial charge >= 0.3 is 5.97 Å². The fourth-order valence-corrected chi connectivity index (χ4v) is 4.31. The van der Waals surface area contributed by atoms with Crippen molar-refractivity contribution in [1.29, 1.82) is 0 Å². The number of anilines is 1. The fourth-order valence-electron chi connectivity index (χ4n) is 1.70.